The van der Waals surface area contributed by atoms with E-state index in [1.165, 1.54) is 0 Å². The third-order valence-corrected chi connectivity index (χ3v) is 4.65. The SMILES string of the molecule is CC(NC(=O)NNC(=O)c1c[nH]c2ccccc12)c1ccc(Cl)c(Cl)c1. The van der Waals surface area contributed by atoms with E-state index in [0.29, 0.717) is 15.6 Å². The number of hydrazine groups is 1. The zero-order chi connectivity index (χ0) is 18.7. The van der Waals surface area contributed by atoms with Crippen LogP contribution < -0.4 is 16.2 Å². The molecular formula is C18H16Cl2N4O2. The van der Waals surface area contributed by atoms with Crippen molar-refractivity contribution in [2.24, 2.45) is 0 Å². The highest BCUT2D eigenvalue weighted by atomic mass is 35.5. The third kappa shape index (κ3) is 3.92. The molecule has 0 fully saturated rings. The summed E-state index contributed by atoms with van der Waals surface area (Å²) < 4.78 is 0. The summed E-state index contributed by atoms with van der Waals surface area (Å²) in [6.07, 6.45) is 1.60. The van der Waals surface area contributed by atoms with Gasteiger partial charge in [-0.3, -0.25) is 10.2 Å². The molecule has 3 amide bonds. The van der Waals surface area contributed by atoms with E-state index in [2.05, 4.69) is 21.2 Å². The number of halogens is 2. The van der Waals surface area contributed by atoms with Gasteiger partial charge in [-0.15, -0.1) is 0 Å². The number of aromatic nitrogens is 1. The van der Waals surface area contributed by atoms with Crippen LogP contribution in [-0.4, -0.2) is 16.9 Å². The first-order valence-electron chi connectivity index (χ1n) is 7.83. The lowest BCUT2D eigenvalue weighted by Gasteiger charge is -2.16. The van der Waals surface area contributed by atoms with Crippen molar-refractivity contribution in [3.8, 4) is 0 Å². The van der Waals surface area contributed by atoms with Gasteiger partial charge in [-0.05, 0) is 30.7 Å². The quantitative estimate of drug-likeness (QED) is 0.505. The number of rotatable bonds is 3. The number of fused-ring (bicyclic) bond motifs is 1. The normalized spacial score (nSPS) is 11.8. The minimum atomic E-state index is -0.545. The summed E-state index contributed by atoms with van der Waals surface area (Å²) in [5.74, 6) is -0.417. The second-order valence-corrected chi connectivity index (χ2v) is 6.51. The number of hydrogen-bond donors (Lipinski definition) is 4. The molecule has 3 rings (SSSR count). The van der Waals surface area contributed by atoms with Crippen molar-refractivity contribution in [2.75, 3.05) is 0 Å². The maximum Gasteiger partial charge on any atom is 0.333 e. The van der Waals surface area contributed by atoms with Crippen LogP contribution in [0.15, 0.2) is 48.7 Å². The third-order valence-electron chi connectivity index (χ3n) is 3.91. The zero-order valence-electron chi connectivity index (χ0n) is 13.8. The minimum Gasteiger partial charge on any atom is -0.360 e. The zero-order valence-corrected chi connectivity index (χ0v) is 15.3. The lowest BCUT2D eigenvalue weighted by Crippen LogP contribution is -2.47. The molecule has 6 nitrogen and oxygen atoms in total. The molecule has 0 saturated carbocycles. The lowest BCUT2D eigenvalue weighted by atomic mass is 10.1. The summed E-state index contributed by atoms with van der Waals surface area (Å²) >= 11 is 11.9. The summed E-state index contributed by atoms with van der Waals surface area (Å²) in [6, 6.07) is 11.6. The molecule has 0 saturated heterocycles. The first kappa shape index (κ1) is 18.1. The van der Waals surface area contributed by atoms with Crippen molar-refractivity contribution in [1.82, 2.24) is 21.2 Å². The van der Waals surface area contributed by atoms with Crippen LogP contribution in [0, 0.1) is 0 Å². The first-order chi connectivity index (χ1) is 12.5. The highest BCUT2D eigenvalue weighted by molar-refractivity contribution is 6.42. The largest absolute Gasteiger partial charge is 0.360 e. The number of carbonyl (C=O) groups is 2. The maximum atomic E-state index is 12.3. The summed E-state index contributed by atoms with van der Waals surface area (Å²) in [5, 5.41) is 4.33. The van der Waals surface area contributed by atoms with Crippen LogP contribution in [0.4, 0.5) is 4.79 Å². The number of para-hydroxylation sites is 1. The monoisotopic (exact) mass is 390 g/mol. The molecule has 26 heavy (non-hydrogen) atoms. The van der Waals surface area contributed by atoms with Gasteiger partial charge in [-0.25, -0.2) is 10.2 Å². The van der Waals surface area contributed by atoms with E-state index in [1.807, 2.05) is 24.3 Å². The standard InChI is InChI=1S/C18H16Cl2N4O2/c1-10(11-6-7-14(19)15(20)8-11)22-18(26)24-23-17(25)13-9-21-16-5-3-2-4-12(13)16/h2-10,21H,1H3,(H,23,25)(H2,22,24,26). The average molecular weight is 391 g/mol. The van der Waals surface area contributed by atoms with Gasteiger partial charge in [0, 0.05) is 17.1 Å². The molecule has 3 aromatic rings. The van der Waals surface area contributed by atoms with Crippen LogP contribution >= 0.6 is 23.2 Å². The molecule has 4 N–H and O–H groups in total. The molecule has 2 aromatic carbocycles. The number of aromatic amines is 1. The Bertz CT molecular complexity index is 971. The molecule has 0 aliphatic heterocycles. The van der Waals surface area contributed by atoms with Crippen molar-refractivity contribution in [1.29, 1.82) is 0 Å². The average Bonchev–Trinajstić information content (AvgIpc) is 3.06. The Balaban J connectivity index is 1.58. The van der Waals surface area contributed by atoms with E-state index in [1.54, 1.807) is 31.3 Å². The van der Waals surface area contributed by atoms with Gasteiger partial charge < -0.3 is 10.3 Å². The summed E-state index contributed by atoms with van der Waals surface area (Å²) in [5.41, 5.74) is 6.80. The van der Waals surface area contributed by atoms with E-state index in [9.17, 15) is 9.59 Å². The van der Waals surface area contributed by atoms with Gasteiger partial charge in [-0.2, -0.15) is 0 Å². The number of hydrogen-bond acceptors (Lipinski definition) is 2. The molecule has 1 aromatic heterocycles. The number of urea groups is 1. The Labute approximate surface area is 159 Å². The molecule has 1 unspecified atom stereocenters. The molecule has 0 bridgehead atoms. The Morgan fingerprint density at radius 2 is 1.81 bits per heavy atom. The smallest absolute Gasteiger partial charge is 0.333 e. The predicted octanol–water partition coefficient (Wildman–Crippen LogP) is 4.18. The van der Waals surface area contributed by atoms with Gasteiger partial charge in [0.25, 0.3) is 5.91 Å². The van der Waals surface area contributed by atoms with Crippen LogP contribution in [0.3, 0.4) is 0 Å². The molecule has 1 atom stereocenters. The van der Waals surface area contributed by atoms with E-state index in [4.69, 9.17) is 23.2 Å². The fraction of sp³-hybridized carbons (Fsp3) is 0.111. The predicted molar refractivity (Wildman–Crippen MR) is 102 cm³/mol. The fourth-order valence-corrected chi connectivity index (χ4v) is 2.84. The summed E-state index contributed by atoms with van der Waals surface area (Å²) in [7, 11) is 0. The van der Waals surface area contributed by atoms with Gasteiger partial charge in [0.15, 0.2) is 0 Å². The minimum absolute atomic E-state index is 0.324. The Morgan fingerprint density at radius 1 is 1.04 bits per heavy atom. The van der Waals surface area contributed by atoms with Gasteiger partial charge >= 0.3 is 6.03 Å². The van der Waals surface area contributed by atoms with E-state index in [0.717, 1.165) is 16.5 Å². The molecule has 0 radical (unpaired) electrons. The van der Waals surface area contributed by atoms with E-state index in [-0.39, 0.29) is 6.04 Å². The Kier molecular flexibility index (Phi) is 5.35. The number of amides is 3. The highest BCUT2D eigenvalue weighted by Gasteiger charge is 2.14. The van der Waals surface area contributed by atoms with Crippen molar-refractivity contribution in [3.05, 3.63) is 69.8 Å². The van der Waals surface area contributed by atoms with Crippen LogP contribution in [0.5, 0.6) is 0 Å². The summed E-state index contributed by atoms with van der Waals surface area (Å²) in [6.45, 7) is 1.79. The summed E-state index contributed by atoms with van der Waals surface area (Å²) in [4.78, 5) is 27.3. The number of H-pyrrole nitrogens is 1. The molecular weight excluding hydrogens is 375 g/mol. The number of nitrogens with one attached hydrogen (secondary N) is 4. The molecule has 134 valence electrons. The second kappa shape index (κ2) is 7.68. The topological polar surface area (TPSA) is 86.0 Å². The fourth-order valence-electron chi connectivity index (χ4n) is 2.54. The number of carbonyl (C=O) groups excluding carboxylic acids is 2. The van der Waals surface area contributed by atoms with Crippen molar-refractivity contribution >= 4 is 46.0 Å². The van der Waals surface area contributed by atoms with Gasteiger partial charge in [0.2, 0.25) is 0 Å². The van der Waals surface area contributed by atoms with Crippen LogP contribution in [-0.2, 0) is 0 Å². The number of benzene rings is 2. The molecule has 0 aliphatic rings. The van der Waals surface area contributed by atoms with Crippen molar-refractivity contribution in [2.45, 2.75) is 13.0 Å². The Hall–Kier alpha value is -2.70. The molecule has 1 heterocycles. The van der Waals surface area contributed by atoms with Crippen molar-refractivity contribution in [3.63, 3.8) is 0 Å². The van der Waals surface area contributed by atoms with Crippen molar-refractivity contribution < 1.29 is 9.59 Å². The molecule has 0 aliphatic carbocycles. The Morgan fingerprint density at radius 3 is 2.58 bits per heavy atom. The lowest BCUT2D eigenvalue weighted by molar-refractivity contribution is 0.0937. The van der Waals surface area contributed by atoms with E-state index >= 15 is 0 Å². The molecule has 8 heteroatoms. The van der Waals surface area contributed by atoms with Gasteiger partial charge in [0.1, 0.15) is 0 Å². The maximum absolute atomic E-state index is 12.3. The second-order valence-electron chi connectivity index (χ2n) is 5.70. The van der Waals surface area contributed by atoms with Gasteiger partial charge in [0.05, 0.1) is 21.7 Å². The highest BCUT2D eigenvalue weighted by Crippen LogP contribution is 2.25. The van der Waals surface area contributed by atoms with Crippen LogP contribution in [0.1, 0.15) is 28.9 Å². The van der Waals surface area contributed by atoms with E-state index < -0.39 is 11.9 Å². The van der Waals surface area contributed by atoms with Crippen LogP contribution in [0.2, 0.25) is 10.0 Å². The van der Waals surface area contributed by atoms with Gasteiger partial charge in [-0.1, -0.05) is 47.5 Å². The molecule has 0 spiro atoms. The first-order valence-corrected chi connectivity index (χ1v) is 8.59. The van der Waals surface area contributed by atoms with Crippen LogP contribution in [0.25, 0.3) is 10.9 Å².